The molecule has 0 amide bonds. The Hall–Kier alpha value is -3.07. The second kappa shape index (κ2) is 6.79. The van der Waals surface area contributed by atoms with Crippen LogP contribution in [0.1, 0.15) is 15.9 Å². The molecule has 0 heterocycles. The lowest BCUT2D eigenvalue weighted by Gasteiger charge is -2.09. The highest BCUT2D eigenvalue weighted by atomic mass is 16.5. The number of phenolic OH excluding ortho intramolecular Hbond substituents is 1. The zero-order valence-corrected chi connectivity index (χ0v) is 12.5. The molecule has 114 valence electrons. The van der Waals surface area contributed by atoms with Crippen LogP contribution >= 0.6 is 0 Å². The summed E-state index contributed by atoms with van der Waals surface area (Å²) in [5, 5.41) is 9.81. The predicted octanol–water partition coefficient (Wildman–Crippen LogP) is 4.45. The maximum Gasteiger partial charge on any atom is 0.153 e. The van der Waals surface area contributed by atoms with Gasteiger partial charge in [-0.05, 0) is 41.0 Å². The van der Waals surface area contributed by atoms with Crippen LogP contribution in [0.15, 0.2) is 72.8 Å². The molecule has 0 atom stereocenters. The van der Waals surface area contributed by atoms with Gasteiger partial charge < -0.3 is 9.84 Å². The summed E-state index contributed by atoms with van der Waals surface area (Å²) in [7, 11) is 0. The standard InChI is InChI=1S/C20H16O3/c21-13-18-10-9-17(12-20(18)22)16-7-4-8-19(11-16)23-14-15-5-2-1-3-6-15/h1-13,22H,14H2. The van der Waals surface area contributed by atoms with Gasteiger partial charge in [-0.2, -0.15) is 0 Å². The Bertz CT molecular complexity index is 810. The van der Waals surface area contributed by atoms with Gasteiger partial charge in [0, 0.05) is 0 Å². The van der Waals surface area contributed by atoms with Crippen LogP contribution in [-0.2, 0) is 6.61 Å². The third kappa shape index (κ3) is 3.58. The number of carbonyl (C=O) groups excluding carboxylic acids is 1. The van der Waals surface area contributed by atoms with Crippen LogP contribution in [0.25, 0.3) is 11.1 Å². The molecule has 0 bridgehead atoms. The van der Waals surface area contributed by atoms with Gasteiger partial charge in [0.2, 0.25) is 0 Å². The fraction of sp³-hybridized carbons (Fsp3) is 0.0500. The molecule has 0 unspecified atom stereocenters. The van der Waals surface area contributed by atoms with Crippen molar-refractivity contribution in [1.82, 2.24) is 0 Å². The topological polar surface area (TPSA) is 46.5 Å². The van der Waals surface area contributed by atoms with Gasteiger partial charge in [-0.1, -0.05) is 48.5 Å². The minimum atomic E-state index is -0.0203. The normalized spacial score (nSPS) is 10.3. The van der Waals surface area contributed by atoms with Gasteiger partial charge in [-0.3, -0.25) is 4.79 Å². The fourth-order valence-corrected chi connectivity index (χ4v) is 2.33. The zero-order valence-electron chi connectivity index (χ0n) is 12.5. The van der Waals surface area contributed by atoms with E-state index >= 15 is 0 Å². The summed E-state index contributed by atoms with van der Waals surface area (Å²) >= 11 is 0. The lowest BCUT2D eigenvalue weighted by Crippen LogP contribution is -1.95. The first-order valence-electron chi connectivity index (χ1n) is 7.31. The van der Waals surface area contributed by atoms with Crippen LogP contribution in [0.3, 0.4) is 0 Å². The lowest BCUT2D eigenvalue weighted by molar-refractivity contribution is 0.112. The first kappa shape index (κ1) is 14.9. The molecule has 0 spiro atoms. The number of carbonyl (C=O) groups is 1. The fourth-order valence-electron chi connectivity index (χ4n) is 2.33. The van der Waals surface area contributed by atoms with Crippen LogP contribution in [0, 0.1) is 0 Å². The SMILES string of the molecule is O=Cc1ccc(-c2cccc(OCc3ccccc3)c2)cc1O. The maximum absolute atomic E-state index is 10.8. The number of rotatable bonds is 5. The van der Waals surface area contributed by atoms with Crippen molar-refractivity contribution in [2.24, 2.45) is 0 Å². The number of phenols is 1. The molecule has 0 aromatic heterocycles. The molecule has 3 rings (SSSR count). The second-order valence-corrected chi connectivity index (χ2v) is 5.19. The van der Waals surface area contributed by atoms with Crippen LogP contribution in [0.4, 0.5) is 0 Å². The number of aromatic hydroxyl groups is 1. The number of benzene rings is 3. The lowest BCUT2D eigenvalue weighted by atomic mass is 10.0. The van der Waals surface area contributed by atoms with Gasteiger partial charge in [0.15, 0.2) is 6.29 Å². The van der Waals surface area contributed by atoms with E-state index < -0.39 is 0 Å². The van der Waals surface area contributed by atoms with E-state index in [1.807, 2.05) is 54.6 Å². The number of hydrogen-bond acceptors (Lipinski definition) is 3. The molecule has 3 aromatic carbocycles. The molecule has 23 heavy (non-hydrogen) atoms. The van der Waals surface area contributed by atoms with Crippen molar-refractivity contribution in [3.63, 3.8) is 0 Å². The summed E-state index contributed by atoms with van der Waals surface area (Å²) in [4.78, 5) is 10.8. The van der Waals surface area contributed by atoms with Crippen molar-refractivity contribution in [3.8, 4) is 22.6 Å². The van der Waals surface area contributed by atoms with Gasteiger partial charge in [0.1, 0.15) is 18.1 Å². The molecular formula is C20H16O3. The third-order valence-electron chi connectivity index (χ3n) is 3.57. The smallest absolute Gasteiger partial charge is 0.153 e. The predicted molar refractivity (Wildman–Crippen MR) is 89.7 cm³/mol. The molecule has 3 nitrogen and oxygen atoms in total. The monoisotopic (exact) mass is 304 g/mol. The second-order valence-electron chi connectivity index (χ2n) is 5.19. The number of hydrogen-bond donors (Lipinski definition) is 1. The van der Waals surface area contributed by atoms with E-state index in [-0.39, 0.29) is 11.3 Å². The van der Waals surface area contributed by atoms with Crippen molar-refractivity contribution in [2.75, 3.05) is 0 Å². The molecule has 0 radical (unpaired) electrons. The van der Waals surface area contributed by atoms with E-state index in [0.29, 0.717) is 12.9 Å². The summed E-state index contributed by atoms with van der Waals surface area (Å²) in [6.07, 6.45) is 0.637. The summed E-state index contributed by atoms with van der Waals surface area (Å²) in [6.45, 7) is 0.500. The highest BCUT2D eigenvalue weighted by molar-refractivity contribution is 5.81. The average Bonchev–Trinajstić information content (AvgIpc) is 2.61. The van der Waals surface area contributed by atoms with Crippen LogP contribution < -0.4 is 4.74 Å². The first-order chi connectivity index (χ1) is 11.3. The average molecular weight is 304 g/mol. The summed E-state index contributed by atoms with van der Waals surface area (Å²) < 4.78 is 5.81. The van der Waals surface area contributed by atoms with Crippen molar-refractivity contribution in [2.45, 2.75) is 6.61 Å². The van der Waals surface area contributed by atoms with Gasteiger partial charge in [0.25, 0.3) is 0 Å². The van der Waals surface area contributed by atoms with Crippen LogP contribution in [0.2, 0.25) is 0 Å². The quantitative estimate of drug-likeness (QED) is 0.708. The number of ether oxygens (including phenoxy) is 1. The highest BCUT2D eigenvalue weighted by Crippen LogP contribution is 2.28. The van der Waals surface area contributed by atoms with E-state index in [0.717, 1.165) is 22.4 Å². The molecular weight excluding hydrogens is 288 g/mol. The summed E-state index contributed by atoms with van der Waals surface area (Å²) in [5.74, 6) is 0.735. The zero-order chi connectivity index (χ0) is 16.1. The molecule has 0 fully saturated rings. The third-order valence-corrected chi connectivity index (χ3v) is 3.57. The Labute approximate surface area is 134 Å². The molecule has 3 heteroatoms. The Kier molecular flexibility index (Phi) is 4.39. The van der Waals surface area contributed by atoms with Crippen molar-refractivity contribution in [1.29, 1.82) is 0 Å². The Morgan fingerprint density at radius 3 is 2.39 bits per heavy atom. The minimum absolute atomic E-state index is 0.0203. The van der Waals surface area contributed by atoms with E-state index in [1.54, 1.807) is 18.2 Å². The van der Waals surface area contributed by atoms with Gasteiger partial charge >= 0.3 is 0 Å². The largest absolute Gasteiger partial charge is 0.507 e. The molecule has 0 saturated carbocycles. The van der Waals surface area contributed by atoms with Crippen LogP contribution in [0.5, 0.6) is 11.5 Å². The molecule has 0 aliphatic rings. The Morgan fingerprint density at radius 1 is 0.870 bits per heavy atom. The van der Waals surface area contributed by atoms with Crippen molar-refractivity contribution >= 4 is 6.29 Å². The van der Waals surface area contributed by atoms with E-state index in [2.05, 4.69) is 0 Å². The summed E-state index contributed by atoms with van der Waals surface area (Å²) in [5.41, 5.74) is 3.14. The Morgan fingerprint density at radius 2 is 1.65 bits per heavy atom. The van der Waals surface area contributed by atoms with Gasteiger partial charge in [-0.15, -0.1) is 0 Å². The van der Waals surface area contributed by atoms with E-state index in [9.17, 15) is 9.90 Å². The minimum Gasteiger partial charge on any atom is -0.507 e. The summed E-state index contributed by atoms with van der Waals surface area (Å²) in [6, 6.07) is 22.6. The van der Waals surface area contributed by atoms with Gasteiger partial charge in [0.05, 0.1) is 5.56 Å². The van der Waals surface area contributed by atoms with Crippen LogP contribution in [-0.4, -0.2) is 11.4 Å². The molecule has 1 N–H and O–H groups in total. The number of aldehydes is 1. The first-order valence-corrected chi connectivity index (χ1v) is 7.31. The molecule has 0 saturated heterocycles. The van der Waals surface area contributed by atoms with Crippen molar-refractivity contribution < 1.29 is 14.6 Å². The molecule has 0 aliphatic carbocycles. The van der Waals surface area contributed by atoms with E-state index in [1.165, 1.54) is 0 Å². The van der Waals surface area contributed by atoms with E-state index in [4.69, 9.17) is 4.74 Å². The molecule has 0 aliphatic heterocycles. The molecule has 3 aromatic rings. The van der Waals surface area contributed by atoms with Gasteiger partial charge in [-0.25, -0.2) is 0 Å². The highest BCUT2D eigenvalue weighted by Gasteiger charge is 2.05. The Balaban J connectivity index is 1.79. The van der Waals surface area contributed by atoms with Crippen molar-refractivity contribution in [3.05, 3.63) is 83.9 Å². The maximum atomic E-state index is 10.8.